The van der Waals surface area contributed by atoms with Crippen LogP contribution < -0.4 is 5.32 Å². The maximum atomic E-state index is 11.8. The molecule has 21 heavy (non-hydrogen) atoms. The van der Waals surface area contributed by atoms with Gasteiger partial charge in [0.15, 0.2) is 0 Å². The first-order chi connectivity index (χ1) is 10.1. The van der Waals surface area contributed by atoms with Gasteiger partial charge in [-0.1, -0.05) is 24.3 Å². The van der Waals surface area contributed by atoms with E-state index in [1.54, 1.807) is 7.05 Å². The molecule has 2 atom stereocenters. The third kappa shape index (κ3) is 3.63. The number of benzene rings is 1. The van der Waals surface area contributed by atoms with Crippen LogP contribution in [0, 0.1) is 0 Å². The van der Waals surface area contributed by atoms with Crippen LogP contribution in [0.3, 0.4) is 0 Å². The first-order valence-electron chi connectivity index (χ1n) is 7.57. The average Bonchev–Trinajstić information content (AvgIpc) is 2.54. The molecule has 0 spiro atoms. The van der Waals surface area contributed by atoms with Crippen molar-refractivity contribution in [3.63, 3.8) is 0 Å². The number of nitrogens with one attached hydrogen (secondary N) is 1. The minimum Gasteiger partial charge on any atom is -0.468 e. The summed E-state index contributed by atoms with van der Waals surface area (Å²) in [4.78, 5) is 11.8. The number of ether oxygens (including phenoxy) is 2. The number of methoxy groups -OCH3 is 1. The topological polar surface area (TPSA) is 47.6 Å². The van der Waals surface area contributed by atoms with E-state index in [2.05, 4.69) is 29.6 Å². The van der Waals surface area contributed by atoms with E-state index in [0.717, 1.165) is 19.3 Å². The Morgan fingerprint density at radius 1 is 1.43 bits per heavy atom. The van der Waals surface area contributed by atoms with Crippen molar-refractivity contribution < 1.29 is 14.3 Å². The molecule has 0 radical (unpaired) electrons. The lowest BCUT2D eigenvalue weighted by molar-refractivity contribution is -0.148. The van der Waals surface area contributed by atoms with Crippen molar-refractivity contribution in [2.24, 2.45) is 0 Å². The Hall–Kier alpha value is -1.39. The number of hydrogen-bond acceptors (Lipinski definition) is 4. The molecule has 1 aliphatic carbocycles. The quantitative estimate of drug-likeness (QED) is 0.819. The summed E-state index contributed by atoms with van der Waals surface area (Å²) in [7, 11) is 3.18. The van der Waals surface area contributed by atoms with Crippen LogP contribution in [0.15, 0.2) is 24.3 Å². The lowest BCUT2D eigenvalue weighted by Crippen LogP contribution is -2.49. The molecule has 1 aliphatic rings. The van der Waals surface area contributed by atoms with Crippen LogP contribution in [0.5, 0.6) is 0 Å². The molecule has 0 saturated heterocycles. The second-order valence-electron chi connectivity index (χ2n) is 5.77. The fourth-order valence-electron chi connectivity index (χ4n) is 2.84. The average molecular weight is 291 g/mol. The monoisotopic (exact) mass is 291 g/mol. The predicted octanol–water partition coefficient (Wildman–Crippen LogP) is 2.62. The molecule has 0 aromatic heterocycles. The standard InChI is InChI=1S/C17H25NO3/c1-17(18-2,16(19)20-3)11-12-21-15-10-6-8-13-7-4-5-9-14(13)15/h4-5,7,9,15,18H,6,8,10-12H2,1-3H3. The zero-order chi connectivity index (χ0) is 15.3. The number of fused-ring (bicyclic) bond motifs is 1. The van der Waals surface area contributed by atoms with E-state index in [-0.39, 0.29) is 12.1 Å². The molecule has 4 nitrogen and oxygen atoms in total. The number of rotatable bonds is 6. The van der Waals surface area contributed by atoms with E-state index in [1.807, 2.05) is 6.92 Å². The Kier molecular flexibility index (Phi) is 5.37. The summed E-state index contributed by atoms with van der Waals surface area (Å²) in [6.45, 7) is 2.38. The van der Waals surface area contributed by atoms with Crippen molar-refractivity contribution in [3.8, 4) is 0 Å². The third-order valence-corrected chi connectivity index (χ3v) is 4.42. The Morgan fingerprint density at radius 3 is 2.90 bits per heavy atom. The predicted molar refractivity (Wildman–Crippen MR) is 82.2 cm³/mol. The number of carbonyl (C=O) groups is 1. The van der Waals surface area contributed by atoms with Crippen molar-refractivity contribution in [1.82, 2.24) is 5.32 Å². The van der Waals surface area contributed by atoms with Gasteiger partial charge in [-0.05, 0) is 50.8 Å². The van der Waals surface area contributed by atoms with Gasteiger partial charge in [0, 0.05) is 6.61 Å². The maximum absolute atomic E-state index is 11.8. The van der Waals surface area contributed by atoms with Crippen LogP contribution in [0.1, 0.15) is 43.4 Å². The Morgan fingerprint density at radius 2 is 2.19 bits per heavy atom. The summed E-state index contributed by atoms with van der Waals surface area (Å²) in [6.07, 6.45) is 4.07. The fraction of sp³-hybridized carbons (Fsp3) is 0.588. The van der Waals surface area contributed by atoms with E-state index in [4.69, 9.17) is 9.47 Å². The lowest BCUT2D eigenvalue weighted by Gasteiger charge is -2.29. The van der Waals surface area contributed by atoms with Gasteiger partial charge < -0.3 is 14.8 Å². The van der Waals surface area contributed by atoms with Gasteiger partial charge in [-0.25, -0.2) is 0 Å². The van der Waals surface area contributed by atoms with E-state index < -0.39 is 5.54 Å². The largest absolute Gasteiger partial charge is 0.468 e. The highest BCUT2D eigenvalue weighted by molar-refractivity contribution is 5.80. The molecule has 0 bridgehead atoms. The van der Waals surface area contributed by atoms with Crippen molar-refractivity contribution >= 4 is 5.97 Å². The minimum absolute atomic E-state index is 0.147. The Labute approximate surface area is 126 Å². The number of aryl methyl sites for hydroxylation is 1. The zero-order valence-corrected chi connectivity index (χ0v) is 13.1. The zero-order valence-electron chi connectivity index (χ0n) is 13.1. The summed E-state index contributed by atoms with van der Waals surface area (Å²) >= 11 is 0. The van der Waals surface area contributed by atoms with E-state index >= 15 is 0 Å². The molecule has 0 heterocycles. The minimum atomic E-state index is -0.692. The lowest BCUT2D eigenvalue weighted by atomic mass is 9.89. The second kappa shape index (κ2) is 7.05. The van der Waals surface area contributed by atoms with Crippen molar-refractivity contribution in [3.05, 3.63) is 35.4 Å². The van der Waals surface area contributed by atoms with Gasteiger partial charge in [0.05, 0.1) is 13.2 Å². The summed E-state index contributed by atoms with van der Waals surface area (Å²) in [5.41, 5.74) is 1.99. The van der Waals surface area contributed by atoms with Gasteiger partial charge in [-0.15, -0.1) is 0 Å². The Bertz CT molecular complexity index is 489. The summed E-state index contributed by atoms with van der Waals surface area (Å²) in [6, 6.07) is 8.47. The second-order valence-corrected chi connectivity index (χ2v) is 5.77. The first kappa shape index (κ1) is 16.0. The maximum Gasteiger partial charge on any atom is 0.325 e. The Balaban J connectivity index is 1.94. The van der Waals surface area contributed by atoms with Crippen molar-refractivity contribution in [2.75, 3.05) is 20.8 Å². The number of esters is 1. The molecule has 1 aromatic carbocycles. The first-order valence-corrected chi connectivity index (χ1v) is 7.57. The van der Waals surface area contributed by atoms with Gasteiger partial charge in [0.2, 0.25) is 0 Å². The van der Waals surface area contributed by atoms with Gasteiger partial charge in [0.25, 0.3) is 0 Å². The highest BCUT2D eigenvalue weighted by Crippen LogP contribution is 2.32. The SMILES string of the molecule is CNC(C)(CCOC1CCCc2ccccc21)C(=O)OC. The van der Waals surface area contributed by atoms with Gasteiger partial charge in [-0.2, -0.15) is 0 Å². The summed E-state index contributed by atoms with van der Waals surface area (Å²) in [5, 5.41) is 3.03. The van der Waals surface area contributed by atoms with Crippen LogP contribution in [0.4, 0.5) is 0 Å². The molecule has 4 heteroatoms. The van der Waals surface area contributed by atoms with Gasteiger partial charge >= 0.3 is 5.97 Å². The van der Waals surface area contributed by atoms with Gasteiger partial charge in [-0.3, -0.25) is 4.79 Å². The van der Waals surface area contributed by atoms with E-state index in [0.29, 0.717) is 13.0 Å². The van der Waals surface area contributed by atoms with Gasteiger partial charge in [0.1, 0.15) is 5.54 Å². The fourth-order valence-corrected chi connectivity index (χ4v) is 2.84. The highest BCUT2D eigenvalue weighted by atomic mass is 16.5. The van der Waals surface area contributed by atoms with Crippen LogP contribution in [0.25, 0.3) is 0 Å². The summed E-state index contributed by atoms with van der Waals surface area (Å²) in [5.74, 6) is -0.252. The van der Waals surface area contributed by atoms with Crippen LogP contribution in [-0.4, -0.2) is 32.3 Å². The molecular weight excluding hydrogens is 266 g/mol. The smallest absolute Gasteiger partial charge is 0.325 e. The number of hydrogen-bond donors (Lipinski definition) is 1. The highest BCUT2D eigenvalue weighted by Gasteiger charge is 2.32. The number of likely N-dealkylation sites (N-methyl/N-ethyl adjacent to an activating group) is 1. The molecule has 1 aromatic rings. The molecule has 0 amide bonds. The van der Waals surface area contributed by atoms with Crippen LogP contribution in [-0.2, 0) is 20.7 Å². The molecule has 2 unspecified atom stereocenters. The molecular formula is C17H25NO3. The summed E-state index contributed by atoms with van der Waals surface area (Å²) < 4.78 is 10.9. The third-order valence-electron chi connectivity index (χ3n) is 4.42. The normalized spacial score (nSPS) is 20.4. The van der Waals surface area contributed by atoms with E-state index in [9.17, 15) is 4.79 Å². The molecule has 2 rings (SSSR count). The molecule has 0 saturated carbocycles. The molecule has 116 valence electrons. The van der Waals surface area contributed by atoms with Crippen molar-refractivity contribution in [1.29, 1.82) is 0 Å². The molecule has 0 fully saturated rings. The van der Waals surface area contributed by atoms with Crippen LogP contribution >= 0.6 is 0 Å². The van der Waals surface area contributed by atoms with E-state index in [1.165, 1.54) is 18.2 Å². The van der Waals surface area contributed by atoms with Crippen LogP contribution in [0.2, 0.25) is 0 Å². The molecule has 1 N–H and O–H groups in total. The molecule has 0 aliphatic heterocycles. The van der Waals surface area contributed by atoms with Crippen molar-refractivity contribution in [2.45, 2.75) is 44.2 Å². The number of carbonyl (C=O) groups excluding carboxylic acids is 1.